The zero-order chi connectivity index (χ0) is 12.3. The van der Waals surface area contributed by atoms with Gasteiger partial charge in [-0.1, -0.05) is 0 Å². The predicted octanol–water partition coefficient (Wildman–Crippen LogP) is 1.34. The Bertz CT molecular complexity index is 520. The molecule has 0 aliphatic rings. The standard InChI is InChI=1S/C10H11N5O2/c1-14-7-8(5-13-14)4-11-9-2-3-10(12-6-9)15(16)17/h2-3,5-7,11H,4H2,1H3. The Morgan fingerprint density at radius 1 is 1.47 bits per heavy atom. The van der Waals surface area contributed by atoms with Crippen molar-refractivity contribution in [1.82, 2.24) is 14.8 Å². The smallest absolute Gasteiger partial charge is 0.363 e. The third-order valence-corrected chi connectivity index (χ3v) is 2.19. The maximum atomic E-state index is 10.4. The minimum absolute atomic E-state index is 0.156. The number of anilines is 1. The van der Waals surface area contributed by atoms with E-state index in [0.29, 0.717) is 6.54 Å². The van der Waals surface area contributed by atoms with Gasteiger partial charge in [0.25, 0.3) is 0 Å². The SMILES string of the molecule is Cn1cc(CNc2ccc([N+](=O)[O-])nc2)cn1. The molecular formula is C10H11N5O2. The van der Waals surface area contributed by atoms with Gasteiger partial charge in [-0.25, -0.2) is 0 Å². The summed E-state index contributed by atoms with van der Waals surface area (Å²) in [6.45, 7) is 0.604. The number of nitrogens with one attached hydrogen (secondary N) is 1. The molecule has 0 atom stereocenters. The van der Waals surface area contributed by atoms with Crippen LogP contribution in [0.2, 0.25) is 0 Å². The van der Waals surface area contributed by atoms with Gasteiger partial charge in [0.15, 0.2) is 6.20 Å². The van der Waals surface area contributed by atoms with E-state index in [1.54, 1.807) is 16.9 Å². The quantitative estimate of drug-likeness (QED) is 0.636. The van der Waals surface area contributed by atoms with Crippen LogP contribution in [0.3, 0.4) is 0 Å². The molecule has 0 fully saturated rings. The van der Waals surface area contributed by atoms with Crippen molar-refractivity contribution in [3.63, 3.8) is 0 Å². The van der Waals surface area contributed by atoms with E-state index < -0.39 is 4.92 Å². The van der Waals surface area contributed by atoms with E-state index in [1.165, 1.54) is 12.3 Å². The van der Waals surface area contributed by atoms with E-state index in [4.69, 9.17) is 0 Å². The van der Waals surface area contributed by atoms with Gasteiger partial charge in [0.05, 0.1) is 11.9 Å². The molecule has 0 radical (unpaired) electrons. The maximum absolute atomic E-state index is 10.4. The number of aryl methyl sites for hydroxylation is 1. The van der Waals surface area contributed by atoms with Gasteiger partial charge in [-0.05, 0) is 16.0 Å². The molecule has 0 amide bonds. The van der Waals surface area contributed by atoms with Crippen LogP contribution < -0.4 is 5.32 Å². The highest BCUT2D eigenvalue weighted by atomic mass is 16.6. The minimum Gasteiger partial charge on any atom is -0.378 e. The van der Waals surface area contributed by atoms with E-state index in [1.807, 2.05) is 13.2 Å². The summed E-state index contributed by atoms with van der Waals surface area (Å²) in [5.74, 6) is -0.156. The number of nitrogens with zero attached hydrogens (tertiary/aromatic N) is 4. The fraction of sp³-hybridized carbons (Fsp3) is 0.200. The summed E-state index contributed by atoms with van der Waals surface area (Å²) in [6, 6.07) is 2.99. The molecule has 17 heavy (non-hydrogen) atoms. The van der Waals surface area contributed by atoms with Crippen molar-refractivity contribution in [2.24, 2.45) is 7.05 Å². The maximum Gasteiger partial charge on any atom is 0.363 e. The van der Waals surface area contributed by atoms with E-state index in [2.05, 4.69) is 15.4 Å². The summed E-state index contributed by atoms with van der Waals surface area (Å²) < 4.78 is 1.71. The minimum atomic E-state index is -0.523. The molecule has 7 heteroatoms. The third-order valence-electron chi connectivity index (χ3n) is 2.19. The van der Waals surface area contributed by atoms with Crippen LogP contribution in [0.4, 0.5) is 11.5 Å². The summed E-state index contributed by atoms with van der Waals surface area (Å²) >= 11 is 0. The van der Waals surface area contributed by atoms with Crippen LogP contribution in [0.1, 0.15) is 5.56 Å². The fourth-order valence-corrected chi connectivity index (χ4v) is 1.37. The van der Waals surface area contributed by atoms with E-state index in [0.717, 1.165) is 11.3 Å². The summed E-state index contributed by atoms with van der Waals surface area (Å²) in [5.41, 5.74) is 1.77. The first kappa shape index (κ1) is 11.1. The zero-order valence-electron chi connectivity index (χ0n) is 9.20. The molecule has 7 nitrogen and oxygen atoms in total. The number of hydrogen-bond donors (Lipinski definition) is 1. The lowest BCUT2D eigenvalue weighted by molar-refractivity contribution is -0.389. The van der Waals surface area contributed by atoms with Crippen LogP contribution in [-0.2, 0) is 13.6 Å². The second-order valence-corrected chi connectivity index (χ2v) is 3.54. The van der Waals surface area contributed by atoms with Gasteiger partial charge >= 0.3 is 5.82 Å². The van der Waals surface area contributed by atoms with Gasteiger partial charge in [-0.2, -0.15) is 5.10 Å². The Morgan fingerprint density at radius 2 is 2.29 bits per heavy atom. The van der Waals surface area contributed by atoms with Crippen LogP contribution >= 0.6 is 0 Å². The Hall–Kier alpha value is -2.44. The van der Waals surface area contributed by atoms with Gasteiger partial charge in [0.1, 0.15) is 0 Å². The predicted molar refractivity (Wildman–Crippen MR) is 61.4 cm³/mol. The molecule has 0 aliphatic carbocycles. The van der Waals surface area contributed by atoms with E-state index >= 15 is 0 Å². The van der Waals surface area contributed by atoms with Gasteiger partial charge in [0, 0.05) is 31.4 Å². The summed E-state index contributed by atoms with van der Waals surface area (Å²) in [7, 11) is 1.84. The van der Waals surface area contributed by atoms with Crippen molar-refractivity contribution >= 4 is 11.5 Å². The monoisotopic (exact) mass is 233 g/mol. The molecule has 2 aromatic heterocycles. The highest BCUT2D eigenvalue weighted by molar-refractivity contribution is 5.43. The van der Waals surface area contributed by atoms with E-state index in [-0.39, 0.29) is 5.82 Å². The van der Waals surface area contributed by atoms with Gasteiger partial charge in [-0.3, -0.25) is 4.68 Å². The van der Waals surface area contributed by atoms with Crippen LogP contribution in [0.15, 0.2) is 30.7 Å². The Balaban J connectivity index is 1.97. The van der Waals surface area contributed by atoms with Gasteiger partial charge in [0.2, 0.25) is 0 Å². The second kappa shape index (κ2) is 4.60. The highest BCUT2D eigenvalue weighted by Crippen LogP contribution is 2.12. The first-order chi connectivity index (χ1) is 8.15. The molecule has 88 valence electrons. The zero-order valence-corrected chi connectivity index (χ0v) is 9.20. The molecule has 0 aliphatic heterocycles. The number of rotatable bonds is 4. The van der Waals surface area contributed by atoms with Crippen LogP contribution in [-0.4, -0.2) is 19.7 Å². The van der Waals surface area contributed by atoms with Crippen molar-refractivity contribution in [2.45, 2.75) is 6.54 Å². The second-order valence-electron chi connectivity index (χ2n) is 3.54. The first-order valence-electron chi connectivity index (χ1n) is 4.97. The Labute approximate surface area is 97.2 Å². The Morgan fingerprint density at radius 3 is 2.82 bits per heavy atom. The number of aromatic nitrogens is 3. The van der Waals surface area contributed by atoms with Crippen molar-refractivity contribution in [1.29, 1.82) is 0 Å². The molecule has 0 spiro atoms. The molecule has 0 saturated carbocycles. The van der Waals surface area contributed by atoms with Gasteiger partial charge in [-0.15, -0.1) is 0 Å². The Kier molecular flexibility index (Phi) is 2.99. The average Bonchev–Trinajstić information content (AvgIpc) is 2.73. The normalized spacial score (nSPS) is 10.2. The summed E-state index contributed by atoms with van der Waals surface area (Å²) in [6.07, 6.45) is 5.09. The highest BCUT2D eigenvalue weighted by Gasteiger charge is 2.05. The summed E-state index contributed by atoms with van der Waals surface area (Å²) in [5, 5.41) is 17.5. The average molecular weight is 233 g/mol. The third kappa shape index (κ3) is 2.77. The van der Waals surface area contributed by atoms with Gasteiger partial charge < -0.3 is 15.4 Å². The van der Waals surface area contributed by atoms with Crippen molar-refractivity contribution in [2.75, 3.05) is 5.32 Å². The molecule has 2 heterocycles. The molecular weight excluding hydrogens is 222 g/mol. The number of hydrogen-bond acceptors (Lipinski definition) is 5. The molecule has 0 bridgehead atoms. The lowest BCUT2D eigenvalue weighted by Crippen LogP contribution is -1.99. The van der Waals surface area contributed by atoms with Crippen LogP contribution in [0, 0.1) is 10.1 Å². The molecule has 2 rings (SSSR count). The van der Waals surface area contributed by atoms with Crippen LogP contribution in [0.5, 0.6) is 0 Å². The van der Waals surface area contributed by atoms with Crippen molar-refractivity contribution in [3.8, 4) is 0 Å². The molecule has 1 N–H and O–H groups in total. The largest absolute Gasteiger partial charge is 0.378 e. The fourth-order valence-electron chi connectivity index (χ4n) is 1.37. The van der Waals surface area contributed by atoms with E-state index in [9.17, 15) is 10.1 Å². The van der Waals surface area contributed by atoms with Crippen molar-refractivity contribution in [3.05, 3.63) is 46.4 Å². The molecule has 0 saturated heterocycles. The molecule has 0 unspecified atom stereocenters. The first-order valence-corrected chi connectivity index (χ1v) is 4.97. The lowest BCUT2D eigenvalue weighted by Gasteiger charge is -2.01. The topological polar surface area (TPSA) is 85.9 Å². The molecule has 0 aromatic carbocycles. The van der Waals surface area contributed by atoms with Crippen LogP contribution in [0.25, 0.3) is 0 Å². The number of nitro groups is 1. The number of pyridine rings is 1. The molecule has 2 aromatic rings. The lowest BCUT2D eigenvalue weighted by atomic mass is 10.3. The summed E-state index contributed by atoms with van der Waals surface area (Å²) in [4.78, 5) is 13.6. The van der Waals surface area contributed by atoms with Crippen molar-refractivity contribution < 1.29 is 4.92 Å².